The average molecular weight is 289 g/mol. The highest BCUT2D eigenvalue weighted by Crippen LogP contribution is 2.16. The van der Waals surface area contributed by atoms with Gasteiger partial charge in [-0.15, -0.1) is 0 Å². The number of rotatable bonds is 2. The van der Waals surface area contributed by atoms with Gasteiger partial charge < -0.3 is 5.73 Å². The summed E-state index contributed by atoms with van der Waals surface area (Å²) in [5.74, 6) is -0.465. The van der Waals surface area contributed by atoms with Gasteiger partial charge in [0.05, 0.1) is 0 Å². The van der Waals surface area contributed by atoms with Crippen molar-refractivity contribution in [3.05, 3.63) is 32.4 Å². The lowest BCUT2D eigenvalue weighted by Crippen LogP contribution is -2.13. The van der Waals surface area contributed by atoms with E-state index in [1.54, 1.807) is 19.1 Å². The second kappa shape index (κ2) is 3.87. The number of primary amides is 1. The van der Waals surface area contributed by atoms with Crippen LogP contribution in [0.25, 0.3) is 0 Å². The summed E-state index contributed by atoms with van der Waals surface area (Å²) in [5, 5.41) is 0. The number of hydrogen-bond donors (Lipinski definition) is 1. The van der Waals surface area contributed by atoms with Gasteiger partial charge in [-0.3, -0.25) is 9.59 Å². The number of aldehydes is 1. The van der Waals surface area contributed by atoms with Gasteiger partial charge in [0, 0.05) is 14.7 Å². The molecule has 0 aliphatic heterocycles. The van der Waals surface area contributed by atoms with Crippen molar-refractivity contribution in [2.75, 3.05) is 0 Å². The molecule has 0 radical (unpaired) electrons. The number of halogens is 1. The van der Waals surface area contributed by atoms with Crippen molar-refractivity contribution in [3.8, 4) is 0 Å². The maximum atomic E-state index is 10.9. The zero-order valence-corrected chi connectivity index (χ0v) is 9.16. The molecule has 0 aromatic heterocycles. The van der Waals surface area contributed by atoms with E-state index in [2.05, 4.69) is 0 Å². The average Bonchev–Trinajstić information content (AvgIpc) is 2.07. The summed E-state index contributed by atoms with van der Waals surface area (Å²) >= 11 is 2.00. The number of aryl methyl sites for hydroxylation is 1. The van der Waals surface area contributed by atoms with Gasteiger partial charge in [-0.25, -0.2) is 0 Å². The van der Waals surface area contributed by atoms with Gasteiger partial charge in [-0.2, -0.15) is 0 Å². The molecule has 0 bridgehead atoms. The summed E-state index contributed by atoms with van der Waals surface area (Å²) in [6, 6.07) is 3.29. The third kappa shape index (κ3) is 2.06. The number of amides is 1. The maximum Gasteiger partial charge on any atom is 0.249 e. The molecular weight excluding hydrogens is 281 g/mol. The number of benzene rings is 1. The van der Waals surface area contributed by atoms with Gasteiger partial charge >= 0.3 is 0 Å². The summed E-state index contributed by atoms with van der Waals surface area (Å²) in [4.78, 5) is 21.4. The maximum absolute atomic E-state index is 10.9. The Morgan fingerprint density at radius 2 is 2.15 bits per heavy atom. The van der Waals surface area contributed by atoms with Crippen molar-refractivity contribution in [1.82, 2.24) is 0 Å². The van der Waals surface area contributed by atoms with Crippen molar-refractivity contribution in [3.63, 3.8) is 0 Å². The Morgan fingerprint density at radius 3 is 2.62 bits per heavy atom. The Kier molecular flexibility index (Phi) is 3.02. The van der Waals surface area contributed by atoms with Crippen LogP contribution in [0.15, 0.2) is 12.1 Å². The summed E-state index contributed by atoms with van der Waals surface area (Å²) in [6.45, 7) is 1.75. The first kappa shape index (κ1) is 10.2. The summed E-state index contributed by atoms with van der Waals surface area (Å²) in [5.41, 5.74) is 6.93. The third-order valence-electron chi connectivity index (χ3n) is 1.74. The fourth-order valence-corrected chi connectivity index (χ4v) is 1.65. The van der Waals surface area contributed by atoms with E-state index < -0.39 is 5.91 Å². The molecule has 0 aliphatic carbocycles. The van der Waals surface area contributed by atoms with E-state index in [9.17, 15) is 9.59 Å². The van der Waals surface area contributed by atoms with Crippen LogP contribution in [-0.4, -0.2) is 12.2 Å². The fourth-order valence-electron chi connectivity index (χ4n) is 1.06. The van der Waals surface area contributed by atoms with Crippen LogP contribution < -0.4 is 5.73 Å². The van der Waals surface area contributed by atoms with Crippen LogP contribution in [-0.2, 0) is 0 Å². The molecule has 0 spiro atoms. The molecule has 1 rings (SSSR count). The van der Waals surface area contributed by atoms with Gasteiger partial charge in [-0.1, -0.05) is 0 Å². The molecule has 68 valence electrons. The first-order valence-corrected chi connectivity index (χ1v) is 4.69. The lowest BCUT2D eigenvalue weighted by Gasteiger charge is -2.04. The quantitative estimate of drug-likeness (QED) is 0.662. The van der Waals surface area contributed by atoms with E-state index in [0.29, 0.717) is 11.1 Å². The van der Waals surface area contributed by atoms with Crippen LogP contribution >= 0.6 is 22.6 Å². The Balaban J connectivity index is 3.36. The molecule has 0 saturated heterocycles. The standard InChI is InChI=1S/C9H8INO2/c1-5-2-6(4-12)8(10)3-7(5)9(11)13/h2-4H,1H3,(H2,11,13). The SMILES string of the molecule is Cc1cc(C=O)c(I)cc1C(N)=O. The lowest BCUT2D eigenvalue weighted by molar-refractivity contribution is 0.0998. The van der Waals surface area contributed by atoms with Gasteiger partial charge in [0.15, 0.2) is 6.29 Å². The molecule has 0 fully saturated rings. The second-order valence-electron chi connectivity index (χ2n) is 2.67. The minimum atomic E-state index is -0.465. The molecule has 1 aromatic carbocycles. The summed E-state index contributed by atoms with van der Waals surface area (Å²) in [6.07, 6.45) is 0.763. The predicted octanol–water partition coefficient (Wildman–Crippen LogP) is 1.51. The van der Waals surface area contributed by atoms with Crippen molar-refractivity contribution >= 4 is 34.8 Å². The van der Waals surface area contributed by atoms with Gasteiger partial charge in [0.2, 0.25) is 5.91 Å². The van der Waals surface area contributed by atoms with E-state index in [1.807, 2.05) is 22.6 Å². The minimum absolute atomic E-state index is 0.465. The molecule has 0 aliphatic rings. The Labute approximate surface area is 89.5 Å². The Hall–Kier alpha value is -0.910. The van der Waals surface area contributed by atoms with Gasteiger partial charge in [0.25, 0.3) is 0 Å². The first-order valence-electron chi connectivity index (χ1n) is 3.61. The highest BCUT2D eigenvalue weighted by Gasteiger charge is 2.08. The molecule has 0 saturated carbocycles. The molecule has 0 unspecified atom stereocenters. The molecule has 4 heteroatoms. The largest absolute Gasteiger partial charge is 0.366 e. The predicted molar refractivity (Wildman–Crippen MR) is 57.8 cm³/mol. The van der Waals surface area contributed by atoms with E-state index in [4.69, 9.17) is 5.73 Å². The number of carbonyl (C=O) groups excluding carboxylic acids is 2. The fraction of sp³-hybridized carbons (Fsp3) is 0.111. The zero-order valence-electron chi connectivity index (χ0n) is 7.00. The molecule has 1 amide bonds. The molecule has 1 aromatic rings. The molecule has 2 N–H and O–H groups in total. The highest BCUT2D eigenvalue weighted by atomic mass is 127. The minimum Gasteiger partial charge on any atom is -0.366 e. The zero-order chi connectivity index (χ0) is 10.0. The summed E-state index contributed by atoms with van der Waals surface area (Å²) < 4.78 is 0.743. The Morgan fingerprint density at radius 1 is 1.54 bits per heavy atom. The van der Waals surface area contributed by atoms with E-state index in [0.717, 1.165) is 15.4 Å². The van der Waals surface area contributed by atoms with Crippen molar-refractivity contribution < 1.29 is 9.59 Å². The van der Waals surface area contributed by atoms with E-state index >= 15 is 0 Å². The normalized spacial score (nSPS) is 9.69. The van der Waals surface area contributed by atoms with Gasteiger partial charge in [0.1, 0.15) is 0 Å². The highest BCUT2D eigenvalue weighted by molar-refractivity contribution is 14.1. The Bertz CT molecular complexity index is 374. The van der Waals surface area contributed by atoms with Crippen LogP contribution in [0.4, 0.5) is 0 Å². The topological polar surface area (TPSA) is 60.2 Å². The number of nitrogens with two attached hydrogens (primary N) is 1. The van der Waals surface area contributed by atoms with Crippen molar-refractivity contribution in [1.29, 1.82) is 0 Å². The second-order valence-corrected chi connectivity index (χ2v) is 3.83. The number of hydrogen-bond acceptors (Lipinski definition) is 2. The van der Waals surface area contributed by atoms with Crippen LogP contribution in [0.1, 0.15) is 26.3 Å². The van der Waals surface area contributed by atoms with E-state index in [1.165, 1.54) is 0 Å². The molecule has 3 nitrogen and oxygen atoms in total. The molecular formula is C9H8INO2. The van der Waals surface area contributed by atoms with Crippen LogP contribution in [0.2, 0.25) is 0 Å². The molecule has 0 atom stereocenters. The van der Waals surface area contributed by atoms with E-state index in [-0.39, 0.29) is 0 Å². The van der Waals surface area contributed by atoms with Crippen LogP contribution in [0.3, 0.4) is 0 Å². The van der Waals surface area contributed by atoms with Crippen molar-refractivity contribution in [2.24, 2.45) is 5.73 Å². The monoisotopic (exact) mass is 289 g/mol. The van der Waals surface area contributed by atoms with Crippen LogP contribution in [0.5, 0.6) is 0 Å². The lowest BCUT2D eigenvalue weighted by atomic mass is 10.1. The summed E-state index contributed by atoms with van der Waals surface area (Å²) in [7, 11) is 0. The smallest absolute Gasteiger partial charge is 0.249 e. The number of carbonyl (C=O) groups is 2. The van der Waals surface area contributed by atoms with Crippen molar-refractivity contribution in [2.45, 2.75) is 6.92 Å². The first-order chi connectivity index (χ1) is 6.06. The molecule has 13 heavy (non-hydrogen) atoms. The third-order valence-corrected chi connectivity index (χ3v) is 2.67. The van der Waals surface area contributed by atoms with Gasteiger partial charge in [-0.05, 0) is 47.2 Å². The molecule has 0 heterocycles. The van der Waals surface area contributed by atoms with Crippen LogP contribution in [0, 0.1) is 10.5 Å².